The molecule has 0 spiro atoms. The van der Waals surface area contributed by atoms with Gasteiger partial charge in [-0.1, -0.05) is 49.7 Å². The van der Waals surface area contributed by atoms with Gasteiger partial charge >= 0.3 is 0 Å². The van der Waals surface area contributed by atoms with Gasteiger partial charge < -0.3 is 5.32 Å². The predicted molar refractivity (Wildman–Crippen MR) is 121 cm³/mol. The fourth-order valence-corrected chi connectivity index (χ4v) is 4.49. The molecule has 0 aliphatic rings. The van der Waals surface area contributed by atoms with Crippen LogP contribution in [-0.2, 0) is 27.7 Å². The summed E-state index contributed by atoms with van der Waals surface area (Å²) in [7, 11) is -3.49. The number of hydrogen-bond donors (Lipinski definition) is 1. The number of para-hydroxylation sites is 1. The lowest BCUT2D eigenvalue weighted by atomic mass is 10.0. The molecule has 0 aliphatic carbocycles. The first kappa shape index (κ1) is 23.2. The maximum absolute atomic E-state index is 12.5. The normalized spacial score (nSPS) is 11.3. The maximum Gasteiger partial charge on any atom is 0.232 e. The van der Waals surface area contributed by atoms with Crippen LogP contribution in [0.2, 0.25) is 5.02 Å². The van der Waals surface area contributed by atoms with E-state index >= 15 is 0 Å². The minimum Gasteiger partial charge on any atom is -0.326 e. The molecule has 0 saturated carbocycles. The van der Waals surface area contributed by atoms with Gasteiger partial charge in [-0.25, -0.2) is 8.42 Å². The number of aryl methyl sites for hydroxylation is 3. The van der Waals surface area contributed by atoms with Crippen LogP contribution in [0.25, 0.3) is 0 Å². The van der Waals surface area contributed by atoms with E-state index < -0.39 is 10.0 Å². The third-order valence-corrected chi connectivity index (χ3v) is 6.28. The van der Waals surface area contributed by atoms with Gasteiger partial charge in [-0.05, 0) is 55.0 Å². The molecule has 0 aromatic heterocycles. The highest BCUT2D eigenvalue weighted by molar-refractivity contribution is 7.92. The van der Waals surface area contributed by atoms with Gasteiger partial charge in [0.05, 0.1) is 11.9 Å². The predicted octanol–water partition coefficient (Wildman–Crippen LogP) is 4.96. The standard InChI is InChI=1S/C22H29ClN2O3S/c1-5-17-9-7-10-18(6-2)22(17)24-21(26)11-8-14-25(29(4,27)28)20-15-19(23)13-12-16(20)3/h7,9-10,12-13,15H,5-6,8,11,14H2,1-4H3,(H,24,26). The molecule has 7 heteroatoms. The van der Waals surface area contributed by atoms with E-state index in [1.165, 1.54) is 10.6 Å². The zero-order valence-electron chi connectivity index (χ0n) is 17.5. The Hall–Kier alpha value is -2.05. The van der Waals surface area contributed by atoms with Gasteiger partial charge in [-0.2, -0.15) is 0 Å². The van der Waals surface area contributed by atoms with E-state index in [4.69, 9.17) is 11.6 Å². The number of hydrogen-bond acceptors (Lipinski definition) is 3. The average Bonchev–Trinajstić information content (AvgIpc) is 2.66. The maximum atomic E-state index is 12.5. The molecule has 0 aliphatic heterocycles. The molecule has 158 valence electrons. The molecular weight excluding hydrogens is 408 g/mol. The van der Waals surface area contributed by atoms with Crippen molar-refractivity contribution in [1.82, 2.24) is 0 Å². The summed E-state index contributed by atoms with van der Waals surface area (Å²) in [5, 5.41) is 3.50. The molecule has 0 bridgehead atoms. The van der Waals surface area contributed by atoms with Gasteiger partial charge in [0.1, 0.15) is 0 Å². The molecule has 0 unspecified atom stereocenters. The Bertz CT molecular complexity index is 952. The second kappa shape index (κ2) is 10.1. The Kier molecular flexibility index (Phi) is 8.11. The smallest absolute Gasteiger partial charge is 0.232 e. The number of anilines is 2. The van der Waals surface area contributed by atoms with Crippen LogP contribution >= 0.6 is 11.6 Å². The van der Waals surface area contributed by atoms with Crippen LogP contribution in [-0.4, -0.2) is 27.1 Å². The average molecular weight is 437 g/mol. The summed E-state index contributed by atoms with van der Waals surface area (Å²) in [6.07, 6.45) is 3.46. The van der Waals surface area contributed by atoms with Gasteiger partial charge in [-0.3, -0.25) is 9.10 Å². The van der Waals surface area contributed by atoms with Crippen molar-refractivity contribution in [2.75, 3.05) is 22.4 Å². The minimum atomic E-state index is -3.49. The topological polar surface area (TPSA) is 66.5 Å². The third kappa shape index (κ3) is 6.21. The number of nitrogens with zero attached hydrogens (tertiary/aromatic N) is 1. The molecule has 0 saturated heterocycles. The van der Waals surface area contributed by atoms with Crippen molar-refractivity contribution in [1.29, 1.82) is 0 Å². The molecule has 0 radical (unpaired) electrons. The van der Waals surface area contributed by atoms with Crippen LogP contribution in [0.4, 0.5) is 11.4 Å². The van der Waals surface area contributed by atoms with Crippen molar-refractivity contribution < 1.29 is 13.2 Å². The van der Waals surface area contributed by atoms with Crippen molar-refractivity contribution in [3.63, 3.8) is 0 Å². The number of amides is 1. The minimum absolute atomic E-state index is 0.114. The van der Waals surface area contributed by atoms with Gasteiger partial charge in [-0.15, -0.1) is 0 Å². The van der Waals surface area contributed by atoms with E-state index in [0.29, 0.717) is 17.1 Å². The van der Waals surface area contributed by atoms with E-state index in [0.717, 1.165) is 35.2 Å². The zero-order valence-corrected chi connectivity index (χ0v) is 19.0. The lowest BCUT2D eigenvalue weighted by molar-refractivity contribution is -0.116. The third-order valence-electron chi connectivity index (χ3n) is 4.87. The fraction of sp³-hybridized carbons (Fsp3) is 0.409. The summed E-state index contributed by atoms with van der Waals surface area (Å²) < 4.78 is 25.9. The number of carbonyl (C=O) groups is 1. The fourth-order valence-electron chi connectivity index (χ4n) is 3.30. The number of nitrogens with one attached hydrogen (secondary N) is 1. The number of carbonyl (C=O) groups excluding carboxylic acids is 1. The van der Waals surface area contributed by atoms with Crippen LogP contribution in [0.1, 0.15) is 43.4 Å². The van der Waals surface area contributed by atoms with Crippen molar-refractivity contribution in [2.45, 2.75) is 46.5 Å². The Balaban J connectivity index is 2.09. The van der Waals surface area contributed by atoms with Crippen molar-refractivity contribution in [2.24, 2.45) is 0 Å². The second-order valence-corrected chi connectivity index (χ2v) is 9.42. The number of sulfonamides is 1. The SMILES string of the molecule is CCc1cccc(CC)c1NC(=O)CCCN(c1cc(Cl)ccc1C)S(C)(=O)=O. The second-order valence-electron chi connectivity index (χ2n) is 7.08. The monoisotopic (exact) mass is 436 g/mol. The summed E-state index contributed by atoms with van der Waals surface area (Å²) in [5.74, 6) is -0.114. The highest BCUT2D eigenvalue weighted by Gasteiger charge is 2.20. The summed E-state index contributed by atoms with van der Waals surface area (Å²) in [6.45, 7) is 6.16. The van der Waals surface area contributed by atoms with Gasteiger partial charge in [0.25, 0.3) is 0 Å². The molecule has 1 amide bonds. The van der Waals surface area contributed by atoms with Gasteiger partial charge in [0.15, 0.2) is 0 Å². The summed E-state index contributed by atoms with van der Waals surface area (Å²) in [6, 6.07) is 11.2. The van der Waals surface area contributed by atoms with Crippen LogP contribution in [0.3, 0.4) is 0 Å². The summed E-state index contributed by atoms with van der Waals surface area (Å²) >= 11 is 6.06. The molecule has 0 heterocycles. The lowest BCUT2D eigenvalue weighted by Gasteiger charge is -2.24. The van der Waals surface area contributed by atoms with Crippen molar-refractivity contribution >= 4 is 38.9 Å². The molecule has 2 rings (SSSR count). The van der Waals surface area contributed by atoms with E-state index in [1.807, 2.05) is 25.1 Å². The molecule has 2 aromatic carbocycles. The Morgan fingerprint density at radius 2 is 1.72 bits per heavy atom. The molecule has 0 fully saturated rings. The molecular formula is C22H29ClN2O3S. The first-order valence-electron chi connectivity index (χ1n) is 9.81. The van der Waals surface area contributed by atoms with Crippen molar-refractivity contribution in [3.8, 4) is 0 Å². The highest BCUT2D eigenvalue weighted by atomic mass is 35.5. The summed E-state index contributed by atoms with van der Waals surface area (Å²) in [4.78, 5) is 12.5. The van der Waals surface area contributed by atoms with E-state index in [9.17, 15) is 13.2 Å². The van der Waals surface area contributed by atoms with Gasteiger partial charge in [0, 0.05) is 23.7 Å². The van der Waals surface area contributed by atoms with Crippen LogP contribution in [0.5, 0.6) is 0 Å². The zero-order chi connectivity index (χ0) is 21.6. The summed E-state index contributed by atoms with van der Waals surface area (Å²) in [5.41, 5.74) is 4.45. The van der Waals surface area contributed by atoms with E-state index in [1.54, 1.807) is 18.2 Å². The van der Waals surface area contributed by atoms with Crippen molar-refractivity contribution in [3.05, 3.63) is 58.1 Å². The Labute approximate surface area is 179 Å². The first-order chi connectivity index (χ1) is 13.7. The molecule has 1 N–H and O–H groups in total. The van der Waals surface area contributed by atoms with E-state index in [-0.39, 0.29) is 18.9 Å². The van der Waals surface area contributed by atoms with Gasteiger partial charge in [0.2, 0.25) is 15.9 Å². The lowest BCUT2D eigenvalue weighted by Crippen LogP contribution is -2.32. The molecule has 29 heavy (non-hydrogen) atoms. The number of halogens is 1. The first-order valence-corrected chi connectivity index (χ1v) is 12.0. The van der Waals surface area contributed by atoms with Crippen LogP contribution in [0, 0.1) is 6.92 Å². The van der Waals surface area contributed by atoms with Crippen LogP contribution in [0.15, 0.2) is 36.4 Å². The molecule has 0 atom stereocenters. The quantitative estimate of drug-likeness (QED) is 0.604. The number of rotatable bonds is 9. The largest absolute Gasteiger partial charge is 0.326 e. The van der Waals surface area contributed by atoms with E-state index in [2.05, 4.69) is 19.2 Å². The molecule has 5 nitrogen and oxygen atoms in total. The number of benzene rings is 2. The Morgan fingerprint density at radius 3 is 2.28 bits per heavy atom. The Morgan fingerprint density at radius 1 is 1.10 bits per heavy atom. The highest BCUT2D eigenvalue weighted by Crippen LogP contribution is 2.27. The molecule has 2 aromatic rings. The van der Waals surface area contributed by atoms with Crippen LogP contribution < -0.4 is 9.62 Å².